The summed E-state index contributed by atoms with van der Waals surface area (Å²) in [6.07, 6.45) is 13.5. The van der Waals surface area contributed by atoms with Crippen molar-refractivity contribution in [2.75, 3.05) is 6.61 Å². The molecule has 0 radical (unpaired) electrons. The van der Waals surface area contributed by atoms with E-state index in [9.17, 15) is 0 Å². The molecule has 0 fully saturated rings. The topological polar surface area (TPSA) is 9.23 Å². The molecule has 0 aliphatic carbocycles. The number of ether oxygens (including phenoxy) is 1. The number of thiocarbonyl (C=S) groups is 1. The SMILES string of the molecule is CCCCCCCCCCCCOC(=S)S.[NaH]. The Labute approximate surface area is 140 Å². The maximum atomic E-state index is 5.11. The molecule has 0 aromatic rings. The molecule has 17 heavy (non-hydrogen) atoms. The van der Waals surface area contributed by atoms with Crippen molar-refractivity contribution in [2.45, 2.75) is 71.1 Å². The van der Waals surface area contributed by atoms with Crippen LogP contribution in [0.15, 0.2) is 0 Å². The van der Waals surface area contributed by atoms with Crippen LogP contribution in [0.3, 0.4) is 0 Å². The van der Waals surface area contributed by atoms with Gasteiger partial charge in [0.15, 0.2) is 0 Å². The van der Waals surface area contributed by atoms with Crippen molar-refractivity contribution in [1.29, 1.82) is 0 Å². The van der Waals surface area contributed by atoms with Crippen molar-refractivity contribution < 1.29 is 4.74 Å². The molecule has 4 heteroatoms. The Bertz CT molecular complexity index is 165. The van der Waals surface area contributed by atoms with Crippen LogP contribution in [-0.2, 0) is 4.74 Å². The Hall–Kier alpha value is 1.24. The third-order valence-electron chi connectivity index (χ3n) is 2.72. The van der Waals surface area contributed by atoms with Crippen molar-refractivity contribution in [1.82, 2.24) is 0 Å². The van der Waals surface area contributed by atoms with Gasteiger partial charge in [-0.05, 0) is 18.6 Å². The molecule has 0 aromatic heterocycles. The van der Waals surface area contributed by atoms with Crippen LogP contribution in [0.5, 0.6) is 0 Å². The third-order valence-corrected chi connectivity index (χ3v) is 2.97. The molecule has 1 nitrogen and oxygen atoms in total. The molecular formula is C13H27NaOS2. The van der Waals surface area contributed by atoms with Gasteiger partial charge in [-0.1, -0.05) is 77.3 Å². The Kier molecular flexibility index (Phi) is 20.8. The molecular weight excluding hydrogens is 259 g/mol. The van der Waals surface area contributed by atoms with Crippen LogP contribution in [-0.4, -0.2) is 40.5 Å². The van der Waals surface area contributed by atoms with Crippen LogP contribution in [0.4, 0.5) is 0 Å². The standard InChI is InChI=1S/C13H26OS2.Na.H/c1-2-3-4-5-6-7-8-9-10-11-12-14-13(15)16;;/h2-12H2,1H3,(H,15,16);;. The molecule has 0 aliphatic rings. The predicted molar refractivity (Wildman–Crippen MR) is 86.5 cm³/mol. The Morgan fingerprint density at radius 2 is 1.29 bits per heavy atom. The van der Waals surface area contributed by atoms with E-state index >= 15 is 0 Å². The zero-order valence-electron chi connectivity index (χ0n) is 10.5. The summed E-state index contributed by atoms with van der Waals surface area (Å²) in [4.78, 5) is 0. The van der Waals surface area contributed by atoms with Gasteiger partial charge in [0.1, 0.15) is 0 Å². The van der Waals surface area contributed by atoms with E-state index < -0.39 is 0 Å². The number of rotatable bonds is 11. The van der Waals surface area contributed by atoms with Gasteiger partial charge in [-0.2, -0.15) is 0 Å². The van der Waals surface area contributed by atoms with E-state index in [2.05, 4.69) is 19.6 Å². The molecule has 0 rings (SSSR count). The molecule has 0 saturated carbocycles. The first-order valence-electron chi connectivity index (χ1n) is 6.63. The minimum absolute atomic E-state index is 0. The second kappa shape index (κ2) is 17.2. The summed E-state index contributed by atoms with van der Waals surface area (Å²) >= 11 is 8.61. The third kappa shape index (κ3) is 19.7. The zero-order valence-corrected chi connectivity index (χ0v) is 12.3. The Morgan fingerprint density at radius 3 is 1.71 bits per heavy atom. The van der Waals surface area contributed by atoms with Crippen LogP contribution in [0.1, 0.15) is 71.1 Å². The zero-order chi connectivity index (χ0) is 12.1. The van der Waals surface area contributed by atoms with Gasteiger partial charge >= 0.3 is 29.6 Å². The molecule has 0 atom stereocenters. The average molecular weight is 286 g/mol. The minimum atomic E-state index is 0. The predicted octanol–water partition coefficient (Wildman–Crippen LogP) is 4.49. The van der Waals surface area contributed by atoms with E-state index in [1.54, 1.807) is 0 Å². The molecule has 0 unspecified atom stereocenters. The number of thiol groups is 1. The summed E-state index contributed by atoms with van der Waals surface area (Å²) in [6, 6.07) is 0. The molecule has 0 N–H and O–H groups in total. The van der Waals surface area contributed by atoms with E-state index in [4.69, 9.17) is 17.0 Å². The second-order valence-corrected chi connectivity index (χ2v) is 5.38. The van der Waals surface area contributed by atoms with Gasteiger partial charge in [0.05, 0.1) is 6.61 Å². The van der Waals surface area contributed by atoms with E-state index in [0.717, 1.165) is 13.0 Å². The fourth-order valence-electron chi connectivity index (χ4n) is 1.75. The van der Waals surface area contributed by atoms with Crippen LogP contribution in [0, 0.1) is 0 Å². The first kappa shape index (κ1) is 20.6. The average Bonchev–Trinajstić information content (AvgIpc) is 2.25. The summed E-state index contributed by atoms with van der Waals surface area (Å²) in [5, 5.41) is 0. The molecule has 0 heterocycles. The fourth-order valence-corrected chi connectivity index (χ4v) is 1.92. The van der Waals surface area contributed by atoms with Gasteiger partial charge in [0.25, 0.3) is 0 Å². The quantitative estimate of drug-likeness (QED) is 0.259. The molecule has 0 aromatic carbocycles. The van der Waals surface area contributed by atoms with Gasteiger partial charge < -0.3 is 4.74 Å². The van der Waals surface area contributed by atoms with Crippen molar-refractivity contribution in [2.24, 2.45) is 0 Å². The Balaban J connectivity index is 0. The van der Waals surface area contributed by atoms with Crippen molar-refractivity contribution >= 4 is 58.8 Å². The van der Waals surface area contributed by atoms with Gasteiger partial charge in [-0.3, -0.25) is 0 Å². The van der Waals surface area contributed by atoms with Crippen LogP contribution in [0.2, 0.25) is 0 Å². The first-order chi connectivity index (χ1) is 7.77. The molecule has 0 spiro atoms. The first-order valence-corrected chi connectivity index (χ1v) is 7.48. The van der Waals surface area contributed by atoms with E-state index in [0.29, 0.717) is 4.38 Å². The summed E-state index contributed by atoms with van der Waals surface area (Å²) in [5.74, 6) is 0. The van der Waals surface area contributed by atoms with Gasteiger partial charge in [0.2, 0.25) is 4.38 Å². The van der Waals surface area contributed by atoms with Gasteiger partial charge in [-0.25, -0.2) is 0 Å². The van der Waals surface area contributed by atoms with Gasteiger partial charge in [0, 0.05) is 0 Å². The molecule has 0 aliphatic heterocycles. The van der Waals surface area contributed by atoms with Crippen molar-refractivity contribution in [3.8, 4) is 0 Å². The maximum absolute atomic E-state index is 5.11. The van der Waals surface area contributed by atoms with E-state index in [1.807, 2.05) is 0 Å². The molecule has 0 bridgehead atoms. The number of unbranched alkanes of at least 4 members (excludes halogenated alkanes) is 9. The monoisotopic (exact) mass is 286 g/mol. The summed E-state index contributed by atoms with van der Waals surface area (Å²) in [5.41, 5.74) is 0. The summed E-state index contributed by atoms with van der Waals surface area (Å²) in [6.45, 7) is 3.00. The van der Waals surface area contributed by atoms with Gasteiger partial charge in [-0.15, -0.1) is 0 Å². The second-order valence-electron chi connectivity index (χ2n) is 4.30. The molecule has 0 saturated heterocycles. The molecule has 98 valence electrons. The normalized spacial score (nSPS) is 9.76. The summed E-state index contributed by atoms with van der Waals surface area (Å²) in [7, 11) is 0. The van der Waals surface area contributed by atoms with Crippen molar-refractivity contribution in [3.05, 3.63) is 0 Å². The van der Waals surface area contributed by atoms with Crippen LogP contribution >= 0.6 is 24.8 Å². The number of hydrogen-bond donors (Lipinski definition) is 1. The Morgan fingerprint density at radius 1 is 0.882 bits per heavy atom. The fraction of sp³-hybridized carbons (Fsp3) is 0.923. The van der Waals surface area contributed by atoms with Crippen LogP contribution < -0.4 is 0 Å². The van der Waals surface area contributed by atoms with Crippen molar-refractivity contribution in [3.63, 3.8) is 0 Å². The van der Waals surface area contributed by atoms with E-state index in [-0.39, 0.29) is 29.6 Å². The summed E-state index contributed by atoms with van der Waals surface area (Å²) < 4.78 is 5.48. The van der Waals surface area contributed by atoms with Crippen LogP contribution in [0.25, 0.3) is 0 Å². The molecule has 0 amide bonds. The number of hydrogen-bond acceptors (Lipinski definition) is 2. The van der Waals surface area contributed by atoms with E-state index in [1.165, 1.54) is 57.8 Å².